The minimum absolute atomic E-state index is 0.0157. The molecule has 1 aliphatic rings. The molecule has 1 aliphatic carbocycles. The smallest absolute Gasteiger partial charge is 0.211 e. The highest BCUT2D eigenvalue weighted by molar-refractivity contribution is 4.93. The molecule has 0 radical (unpaired) electrons. The van der Waals surface area contributed by atoms with E-state index in [4.69, 9.17) is 5.26 Å². The molecule has 10 heavy (non-hydrogen) atoms. The number of hydrogen-bond acceptors (Lipinski definition) is 1. The minimum atomic E-state index is -2.19. The summed E-state index contributed by atoms with van der Waals surface area (Å²) in [5.41, 5.74) is 0. The van der Waals surface area contributed by atoms with Crippen LogP contribution in [0, 0.1) is 23.2 Å². The van der Waals surface area contributed by atoms with Crippen LogP contribution in [-0.4, -0.2) is 6.43 Å². The Labute approximate surface area is 58.6 Å². The summed E-state index contributed by atoms with van der Waals surface area (Å²) >= 11 is 0. The van der Waals surface area contributed by atoms with Crippen LogP contribution in [0.25, 0.3) is 0 Å². The molecule has 56 valence electrons. The van der Waals surface area contributed by atoms with Crippen LogP contribution in [0.4, 0.5) is 8.78 Å². The van der Waals surface area contributed by atoms with Crippen molar-refractivity contribution in [1.29, 1.82) is 5.26 Å². The molecule has 3 heteroatoms. The van der Waals surface area contributed by atoms with Gasteiger partial charge in [0.2, 0.25) is 6.43 Å². The van der Waals surface area contributed by atoms with Gasteiger partial charge in [0.1, 0.15) is 0 Å². The molecule has 0 aliphatic heterocycles. The number of rotatable bonds is 2. The summed E-state index contributed by atoms with van der Waals surface area (Å²) in [4.78, 5) is 0. The summed E-state index contributed by atoms with van der Waals surface area (Å²) in [7, 11) is 0. The van der Waals surface area contributed by atoms with Crippen LogP contribution >= 0.6 is 0 Å². The monoisotopic (exact) mass is 145 g/mol. The number of alkyl halides is 2. The highest BCUT2D eigenvalue weighted by Gasteiger charge is 2.30. The summed E-state index contributed by atoms with van der Waals surface area (Å²) < 4.78 is 23.3. The van der Waals surface area contributed by atoms with Gasteiger partial charge in [-0.3, -0.25) is 0 Å². The zero-order valence-electron chi connectivity index (χ0n) is 5.56. The van der Waals surface area contributed by atoms with E-state index in [9.17, 15) is 8.78 Å². The number of nitriles is 1. The summed E-state index contributed by atoms with van der Waals surface area (Å²) in [6, 6.07) is 2.06. The molecule has 0 atom stereocenters. The fourth-order valence-corrected chi connectivity index (χ4v) is 1.29. The van der Waals surface area contributed by atoms with Crippen LogP contribution in [0.5, 0.6) is 0 Å². The van der Waals surface area contributed by atoms with Crippen molar-refractivity contribution in [2.24, 2.45) is 11.8 Å². The third kappa shape index (κ3) is 1.66. The van der Waals surface area contributed by atoms with Crippen LogP contribution in [0.1, 0.15) is 19.3 Å². The molecule has 0 N–H and O–H groups in total. The molecule has 1 saturated carbocycles. The van der Waals surface area contributed by atoms with Gasteiger partial charge in [0.25, 0.3) is 0 Å². The standard InChI is InChI=1S/C7H9F2N/c8-7(9)3-5-1-6(2-5)4-10/h5-7H,1-3H2. The van der Waals surface area contributed by atoms with Gasteiger partial charge in [0.05, 0.1) is 6.07 Å². The van der Waals surface area contributed by atoms with Gasteiger partial charge in [-0.2, -0.15) is 5.26 Å². The minimum Gasteiger partial charge on any atom is -0.211 e. The van der Waals surface area contributed by atoms with E-state index in [1.807, 2.05) is 0 Å². The van der Waals surface area contributed by atoms with Gasteiger partial charge in [-0.15, -0.1) is 0 Å². The maximum absolute atomic E-state index is 11.7. The average molecular weight is 145 g/mol. The Morgan fingerprint density at radius 2 is 2.10 bits per heavy atom. The second kappa shape index (κ2) is 2.96. The van der Waals surface area contributed by atoms with Crippen LogP contribution in [-0.2, 0) is 0 Å². The maximum atomic E-state index is 11.7. The van der Waals surface area contributed by atoms with Gasteiger partial charge in [-0.05, 0) is 18.8 Å². The number of hydrogen-bond donors (Lipinski definition) is 0. The normalized spacial score (nSPS) is 31.4. The number of halogens is 2. The fourth-order valence-electron chi connectivity index (χ4n) is 1.29. The second-order valence-electron chi connectivity index (χ2n) is 2.79. The Balaban J connectivity index is 2.10. The summed E-state index contributed by atoms with van der Waals surface area (Å²) in [6.45, 7) is 0. The van der Waals surface area contributed by atoms with Gasteiger partial charge in [-0.1, -0.05) is 0 Å². The molecular formula is C7H9F2N. The van der Waals surface area contributed by atoms with Crippen LogP contribution in [0.2, 0.25) is 0 Å². The van der Waals surface area contributed by atoms with Crippen molar-refractivity contribution >= 4 is 0 Å². The Bertz CT molecular complexity index is 144. The second-order valence-corrected chi connectivity index (χ2v) is 2.79. The largest absolute Gasteiger partial charge is 0.238 e. The highest BCUT2D eigenvalue weighted by atomic mass is 19.3. The highest BCUT2D eigenvalue weighted by Crippen LogP contribution is 2.36. The van der Waals surface area contributed by atoms with E-state index in [1.165, 1.54) is 0 Å². The molecule has 0 bridgehead atoms. The van der Waals surface area contributed by atoms with Crippen LogP contribution < -0.4 is 0 Å². The van der Waals surface area contributed by atoms with Crippen molar-refractivity contribution in [3.63, 3.8) is 0 Å². The molecule has 1 nitrogen and oxygen atoms in total. The van der Waals surface area contributed by atoms with Gasteiger partial charge < -0.3 is 0 Å². The Hall–Kier alpha value is -0.650. The van der Waals surface area contributed by atoms with Crippen LogP contribution in [0.15, 0.2) is 0 Å². The van der Waals surface area contributed by atoms with Crippen molar-refractivity contribution < 1.29 is 8.78 Å². The van der Waals surface area contributed by atoms with Crippen LogP contribution in [0.3, 0.4) is 0 Å². The first-order chi connectivity index (χ1) is 4.72. The molecule has 0 aromatic carbocycles. The average Bonchev–Trinajstić information content (AvgIpc) is 1.76. The Morgan fingerprint density at radius 3 is 2.50 bits per heavy atom. The quantitative estimate of drug-likeness (QED) is 0.584. The topological polar surface area (TPSA) is 23.8 Å². The van der Waals surface area contributed by atoms with Gasteiger partial charge in [0, 0.05) is 12.3 Å². The lowest BCUT2D eigenvalue weighted by Gasteiger charge is -2.29. The molecule has 0 amide bonds. The lowest BCUT2D eigenvalue weighted by molar-refractivity contribution is 0.0801. The van der Waals surface area contributed by atoms with Gasteiger partial charge in [0.15, 0.2) is 0 Å². The maximum Gasteiger partial charge on any atom is 0.238 e. The molecule has 1 rings (SSSR count). The molecule has 0 heterocycles. The third-order valence-corrected chi connectivity index (χ3v) is 1.93. The third-order valence-electron chi connectivity index (χ3n) is 1.93. The van der Waals surface area contributed by atoms with Crippen molar-refractivity contribution in [3.05, 3.63) is 0 Å². The first-order valence-electron chi connectivity index (χ1n) is 3.40. The molecular weight excluding hydrogens is 136 g/mol. The zero-order valence-corrected chi connectivity index (χ0v) is 5.56. The van der Waals surface area contributed by atoms with Crippen molar-refractivity contribution in [1.82, 2.24) is 0 Å². The lowest BCUT2D eigenvalue weighted by atomic mass is 9.74. The Morgan fingerprint density at radius 1 is 1.50 bits per heavy atom. The molecule has 0 aromatic rings. The predicted octanol–water partition coefficient (Wildman–Crippen LogP) is 2.19. The van der Waals surface area contributed by atoms with Gasteiger partial charge >= 0.3 is 0 Å². The Kier molecular flexibility index (Phi) is 2.21. The molecule has 0 aromatic heterocycles. The first kappa shape index (κ1) is 7.46. The van der Waals surface area contributed by atoms with Crippen molar-refractivity contribution in [2.45, 2.75) is 25.7 Å². The van der Waals surface area contributed by atoms with Crippen molar-refractivity contribution in [3.8, 4) is 6.07 Å². The summed E-state index contributed by atoms with van der Waals surface area (Å²) in [6.07, 6.45) is -0.843. The van der Waals surface area contributed by atoms with Gasteiger partial charge in [-0.25, -0.2) is 8.78 Å². The predicted molar refractivity (Wildman–Crippen MR) is 32.4 cm³/mol. The van der Waals surface area contributed by atoms with E-state index in [0.29, 0.717) is 12.8 Å². The van der Waals surface area contributed by atoms with Crippen molar-refractivity contribution in [2.75, 3.05) is 0 Å². The SMILES string of the molecule is N#CC1CC(CC(F)F)C1. The first-order valence-corrected chi connectivity index (χ1v) is 3.40. The van der Waals surface area contributed by atoms with E-state index in [0.717, 1.165) is 0 Å². The van der Waals surface area contributed by atoms with E-state index >= 15 is 0 Å². The summed E-state index contributed by atoms with van der Waals surface area (Å²) in [5, 5.41) is 8.30. The molecule has 0 spiro atoms. The fraction of sp³-hybridized carbons (Fsp3) is 0.857. The summed E-state index contributed by atoms with van der Waals surface area (Å²) in [5.74, 6) is 0.174. The van der Waals surface area contributed by atoms with E-state index in [1.54, 1.807) is 0 Å². The van der Waals surface area contributed by atoms with E-state index < -0.39 is 6.43 Å². The lowest BCUT2D eigenvalue weighted by Crippen LogP contribution is -2.23. The van der Waals surface area contributed by atoms with E-state index in [-0.39, 0.29) is 18.3 Å². The number of nitrogens with zero attached hydrogens (tertiary/aromatic N) is 1. The molecule has 0 saturated heterocycles. The van der Waals surface area contributed by atoms with E-state index in [2.05, 4.69) is 6.07 Å². The molecule has 1 fully saturated rings. The zero-order chi connectivity index (χ0) is 7.56. The molecule has 0 unspecified atom stereocenters.